The molecule has 0 unspecified atom stereocenters. The van der Waals surface area contributed by atoms with Gasteiger partial charge in [-0.05, 0) is 56.9 Å². The molecule has 0 bridgehead atoms. The highest BCUT2D eigenvalue weighted by atomic mass is 32.2. The Balaban J connectivity index is 1.46. The largest absolute Gasteiger partial charge is 0.462 e. The first-order chi connectivity index (χ1) is 15.8. The van der Waals surface area contributed by atoms with E-state index in [4.69, 9.17) is 9.47 Å². The topological polar surface area (TPSA) is 119 Å². The number of piperidine rings is 1. The molecule has 3 rings (SSSR count). The van der Waals surface area contributed by atoms with E-state index in [1.54, 1.807) is 6.92 Å². The summed E-state index contributed by atoms with van der Waals surface area (Å²) in [6.45, 7) is 1.98. The third-order valence-electron chi connectivity index (χ3n) is 6.11. The molecule has 1 aromatic carbocycles. The molecule has 10 heteroatoms. The van der Waals surface area contributed by atoms with Crippen molar-refractivity contribution in [2.45, 2.75) is 62.8 Å². The minimum absolute atomic E-state index is 0.0796. The predicted molar refractivity (Wildman–Crippen MR) is 120 cm³/mol. The van der Waals surface area contributed by atoms with Crippen molar-refractivity contribution >= 4 is 27.9 Å². The summed E-state index contributed by atoms with van der Waals surface area (Å²) in [6.07, 6.45) is 5.95. The van der Waals surface area contributed by atoms with Gasteiger partial charge in [-0.2, -0.15) is 4.31 Å². The van der Waals surface area contributed by atoms with Crippen molar-refractivity contribution in [3.63, 3.8) is 0 Å². The van der Waals surface area contributed by atoms with Gasteiger partial charge < -0.3 is 14.8 Å². The highest BCUT2D eigenvalue weighted by molar-refractivity contribution is 7.89. The van der Waals surface area contributed by atoms with Gasteiger partial charge in [-0.1, -0.05) is 19.3 Å². The summed E-state index contributed by atoms with van der Waals surface area (Å²) in [7, 11) is -3.74. The lowest BCUT2D eigenvalue weighted by molar-refractivity contribution is -0.153. The zero-order chi connectivity index (χ0) is 23.8. The van der Waals surface area contributed by atoms with E-state index in [9.17, 15) is 22.8 Å². The minimum atomic E-state index is -3.74. The molecule has 1 amide bonds. The molecule has 1 heterocycles. The lowest BCUT2D eigenvalue weighted by Gasteiger charge is -2.30. The number of nitrogens with zero attached hydrogens (tertiary/aromatic N) is 1. The molecule has 0 spiro atoms. The van der Waals surface area contributed by atoms with E-state index in [2.05, 4.69) is 5.32 Å². The smallest absolute Gasteiger partial charge is 0.338 e. The number of benzene rings is 1. The number of hydrogen-bond donors (Lipinski definition) is 1. The van der Waals surface area contributed by atoms with Crippen LogP contribution in [0.15, 0.2) is 29.2 Å². The maximum Gasteiger partial charge on any atom is 0.338 e. The molecule has 1 aliphatic carbocycles. The quantitative estimate of drug-likeness (QED) is 0.567. The van der Waals surface area contributed by atoms with Crippen LogP contribution in [0.5, 0.6) is 0 Å². The van der Waals surface area contributed by atoms with E-state index >= 15 is 0 Å². The number of sulfonamides is 1. The van der Waals surface area contributed by atoms with Crippen LogP contribution in [-0.2, 0) is 29.1 Å². The van der Waals surface area contributed by atoms with Crippen LogP contribution in [-0.4, -0.2) is 62.9 Å². The van der Waals surface area contributed by atoms with Crippen molar-refractivity contribution in [2.24, 2.45) is 5.92 Å². The molecule has 2 fully saturated rings. The third-order valence-corrected chi connectivity index (χ3v) is 8.02. The van der Waals surface area contributed by atoms with E-state index in [-0.39, 0.29) is 48.7 Å². The predicted octanol–water partition coefficient (Wildman–Crippen LogP) is 2.26. The van der Waals surface area contributed by atoms with Crippen molar-refractivity contribution in [3.05, 3.63) is 29.8 Å². The van der Waals surface area contributed by atoms with Crippen molar-refractivity contribution in [1.82, 2.24) is 9.62 Å². The van der Waals surface area contributed by atoms with Gasteiger partial charge in [0, 0.05) is 19.1 Å². The van der Waals surface area contributed by atoms with Gasteiger partial charge in [-0.15, -0.1) is 0 Å². The SMILES string of the molecule is CCOC(=O)c1ccc(S(=O)(=O)N2CCC(C(=O)OCC(=O)NC3CCCCC3)CC2)cc1. The van der Waals surface area contributed by atoms with Gasteiger partial charge in [0.1, 0.15) is 0 Å². The van der Waals surface area contributed by atoms with E-state index in [1.807, 2.05) is 0 Å². The lowest BCUT2D eigenvalue weighted by atomic mass is 9.95. The first-order valence-electron chi connectivity index (χ1n) is 11.5. The number of rotatable bonds is 8. The van der Waals surface area contributed by atoms with Crippen molar-refractivity contribution in [1.29, 1.82) is 0 Å². The average molecular weight is 481 g/mol. The number of carbonyl (C=O) groups is 3. The second-order valence-corrected chi connectivity index (χ2v) is 10.4. The maximum atomic E-state index is 12.9. The summed E-state index contributed by atoms with van der Waals surface area (Å²) >= 11 is 0. The maximum absolute atomic E-state index is 12.9. The number of esters is 2. The summed E-state index contributed by atoms with van der Waals surface area (Å²) in [4.78, 5) is 36.2. The second-order valence-electron chi connectivity index (χ2n) is 8.43. The lowest BCUT2D eigenvalue weighted by Crippen LogP contribution is -2.42. The summed E-state index contributed by atoms with van der Waals surface area (Å²) in [6, 6.07) is 5.77. The van der Waals surface area contributed by atoms with E-state index in [0.29, 0.717) is 12.8 Å². The zero-order valence-electron chi connectivity index (χ0n) is 19.0. The van der Waals surface area contributed by atoms with E-state index in [1.165, 1.54) is 35.0 Å². The molecular formula is C23H32N2O7S. The molecule has 33 heavy (non-hydrogen) atoms. The molecule has 9 nitrogen and oxygen atoms in total. The molecule has 2 aliphatic rings. The van der Waals surface area contributed by atoms with Crippen molar-refractivity contribution < 1.29 is 32.3 Å². The number of carbonyl (C=O) groups excluding carboxylic acids is 3. The molecule has 1 saturated heterocycles. The Labute approximate surface area is 194 Å². The molecule has 1 aromatic rings. The zero-order valence-corrected chi connectivity index (χ0v) is 19.8. The minimum Gasteiger partial charge on any atom is -0.462 e. The first-order valence-corrected chi connectivity index (χ1v) is 13.0. The molecule has 0 radical (unpaired) electrons. The van der Waals surface area contributed by atoms with Gasteiger partial charge in [-0.3, -0.25) is 9.59 Å². The van der Waals surface area contributed by atoms with Crippen LogP contribution in [0.1, 0.15) is 62.2 Å². The van der Waals surface area contributed by atoms with Gasteiger partial charge in [0.25, 0.3) is 5.91 Å². The fraction of sp³-hybridized carbons (Fsp3) is 0.609. The van der Waals surface area contributed by atoms with Gasteiger partial charge in [0.15, 0.2) is 6.61 Å². The Morgan fingerprint density at radius 2 is 1.61 bits per heavy atom. The summed E-state index contributed by atoms with van der Waals surface area (Å²) < 4.78 is 37.2. The van der Waals surface area contributed by atoms with Gasteiger partial charge in [-0.25, -0.2) is 13.2 Å². The second kappa shape index (κ2) is 11.6. The molecule has 1 N–H and O–H groups in total. The van der Waals surface area contributed by atoms with E-state index in [0.717, 1.165) is 25.7 Å². The highest BCUT2D eigenvalue weighted by Crippen LogP contribution is 2.25. The molecule has 182 valence electrons. The van der Waals surface area contributed by atoms with Crippen LogP contribution in [0.25, 0.3) is 0 Å². The number of ether oxygens (including phenoxy) is 2. The number of hydrogen-bond acceptors (Lipinski definition) is 7. The van der Waals surface area contributed by atoms with Gasteiger partial charge in [0.05, 0.1) is 23.0 Å². The summed E-state index contributed by atoms with van der Waals surface area (Å²) in [5.41, 5.74) is 0.282. The van der Waals surface area contributed by atoms with Gasteiger partial charge in [0.2, 0.25) is 10.0 Å². The standard InChI is InChI=1S/C23H32N2O7S/c1-2-31-22(27)17-8-10-20(11-9-17)33(29,30)25-14-12-18(13-15-25)23(28)32-16-21(26)24-19-6-4-3-5-7-19/h8-11,18-19H,2-7,12-16H2,1H3,(H,24,26). The fourth-order valence-electron chi connectivity index (χ4n) is 4.23. The van der Waals surface area contributed by atoms with Crippen LogP contribution < -0.4 is 5.32 Å². The Hall–Kier alpha value is -2.46. The van der Waals surface area contributed by atoms with Gasteiger partial charge >= 0.3 is 11.9 Å². The molecule has 1 aliphatic heterocycles. The first kappa shape index (κ1) is 25.2. The Morgan fingerprint density at radius 1 is 0.970 bits per heavy atom. The van der Waals surface area contributed by atoms with Crippen LogP contribution in [0.2, 0.25) is 0 Å². The molecule has 0 atom stereocenters. The average Bonchev–Trinajstić information content (AvgIpc) is 2.83. The Morgan fingerprint density at radius 3 is 2.21 bits per heavy atom. The van der Waals surface area contributed by atoms with Crippen LogP contribution in [0.3, 0.4) is 0 Å². The summed E-state index contributed by atoms with van der Waals surface area (Å²) in [5.74, 6) is -1.70. The van der Waals surface area contributed by atoms with Crippen molar-refractivity contribution in [2.75, 3.05) is 26.3 Å². The monoisotopic (exact) mass is 480 g/mol. The fourth-order valence-corrected chi connectivity index (χ4v) is 5.70. The molecule has 1 saturated carbocycles. The Kier molecular flexibility index (Phi) is 8.85. The van der Waals surface area contributed by atoms with E-state index < -0.39 is 27.9 Å². The van der Waals surface area contributed by atoms with Crippen molar-refractivity contribution in [3.8, 4) is 0 Å². The number of nitrogens with one attached hydrogen (secondary N) is 1. The summed E-state index contributed by atoms with van der Waals surface area (Å²) in [5, 5.41) is 2.91. The molecule has 0 aromatic heterocycles. The normalized spacial score (nSPS) is 18.5. The van der Waals surface area contributed by atoms with Crippen LogP contribution in [0.4, 0.5) is 0 Å². The highest BCUT2D eigenvalue weighted by Gasteiger charge is 2.33. The number of amides is 1. The molecular weight excluding hydrogens is 448 g/mol. The third kappa shape index (κ3) is 6.77. The van der Waals surface area contributed by atoms with Crippen LogP contribution >= 0.6 is 0 Å². The Bertz CT molecular complexity index is 932. The van der Waals surface area contributed by atoms with Crippen LogP contribution in [0, 0.1) is 5.92 Å².